The maximum absolute atomic E-state index is 6.21. The maximum Gasteiger partial charge on any atom is 0.0542 e. The summed E-state index contributed by atoms with van der Waals surface area (Å²) in [7, 11) is 0. The second-order valence-corrected chi connectivity index (χ2v) is 5.90. The van der Waals surface area contributed by atoms with Crippen molar-refractivity contribution in [2.75, 3.05) is 6.54 Å². The van der Waals surface area contributed by atoms with Gasteiger partial charge >= 0.3 is 0 Å². The third-order valence-electron chi connectivity index (χ3n) is 3.13. The van der Waals surface area contributed by atoms with Gasteiger partial charge in [0, 0.05) is 3.57 Å². The van der Waals surface area contributed by atoms with E-state index in [1.807, 2.05) is 0 Å². The van der Waals surface area contributed by atoms with Crippen LogP contribution in [0.3, 0.4) is 0 Å². The van der Waals surface area contributed by atoms with Crippen molar-refractivity contribution >= 4 is 34.2 Å². The highest BCUT2D eigenvalue weighted by atomic mass is 127. The fourth-order valence-electron chi connectivity index (χ4n) is 2.32. The molecule has 0 aromatic heterocycles. The fraction of sp³-hybridized carbons (Fsp3) is 0.429. The molecule has 1 unspecified atom stereocenters. The van der Waals surface area contributed by atoms with Crippen molar-refractivity contribution in [1.82, 2.24) is 5.32 Å². The number of allylic oxidation sites excluding steroid dienone is 1. The molecule has 0 bridgehead atoms. The van der Waals surface area contributed by atoms with Crippen molar-refractivity contribution in [3.63, 3.8) is 0 Å². The zero-order valence-corrected chi connectivity index (χ0v) is 12.9. The van der Waals surface area contributed by atoms with Crippen LogP contribution in [-0.2, 0) is 0 Å². The lowest BCUT2D eigenvalue weighted by Crippen LogP contribution is -2.22. The second kappa shape index (κ2) is 6.21. The minimum Gasteiger partial charge on any atom is -0.307 e. The SMILES string of the molecule is CCNC(C1=CCCC1)c1ccc(I)c(Cl)c1. The lowest BCUT2D eigenvalue weighted by molar-refractivity contribution is 0.605. The molecular formula is C14H17ClIN. The topological polar surface area (TPSA) is 12.0 Å². The Morgan fingerprint density at radius 3 is 2.88 bits per heavy atom. The van der Waals surface area contributed by atoms with E-state index in [1.54, 1.807) is 0 Å². The summed E-state index contributed by atoms with van der Waals surface area (Å²) in [6.45, 7) is 3.13. The summed E-state index contributed by atoms with van der Waals surface area (Å²) >= 11 is 8.48. The van der Waals surface area contributed by atoms with Gasteiger partial charge < -0.3 is 5.32 Å². The number of hydrogen-bond acceptors (Lipinski definition) is 1. The van der Waals surface area contributed by atoms with Crippen LogP contribution in [0.4, 0.5) is 0 Å². The van der Waals surface area contributed by atoms with Crippen molar-refractivity contribution in [2.24, 2.45) is 0 Å². The van der Waals surface area contributed by atoms with Gasteiger partial charge in [-0.05, 0) is 66.1 Å². The van der Waals surface area contributed by atoms with Gasteiger partial charge in [-0.2, -0.15) is 0 Å². The zero-order chi connectivity index (χ0) is 12.3. The van der Waals surface area contributed by atoms with E-state index in [1.165, 1.54) is 30.4 Å². The van der Waals surface area contributed by atoms with Crippen LogP contribution in [0.5, 0.6) is 0 Å². The number of nitrogens with one attached hydrogen (secondary N) is 1. The molecule has 17 heavy (non-hydrogen) atoms. The molecule has 1 nitrogen and oxygen atoms in total. The van der Waals surface area contributed by atoms with Gasteiger partial charge in [-0.25, -0.2) is 0 Å². The van der Waals surface area contributed by atoms with Crippen LogP contribution in [0, 0.1) is 3.57 Å². The predicted molar refractivity (Wildman–Crippen MR) is 82.5 cm³/mol. The van der Waals surface area contributed by atoms with E-state index in [-0.39, 0.29) is 0 Å². The van der Waals surface area contributed by atoms with Gasteiger partial charge in [-0.15, -0.1) is 0 Å². The Morgan fingerprint density at radius 2 is 2.29 bits per heavy atom. The van der Waals surface area contributed by atoms with Gasteiger partial charge in [0.1, 0.15) is 0 Å². The van der Waals surface area contributed by atoms with Crippen LogP contribution in [0.15, 0.2) is 29.8 Å². The third kappa shape index (κ3) is 3.24. The van der Waals surface area contributed by atoms with Crippen molar-refractivity contribution in [3.05, 3.63) is 44.0 Å². The number of hydrogen-bond donors (Lipinski definition) is 1. The summed E-state index contributed by atoms with van der Waals surface area (Å²) in [5.74, 6) is 0. The summed E-state index contributed by atoms with van der Waals surface area (Å²) in [6.07, 6.45) is 6.09. The van der Waals surface area contributed by atoms with Crippen LogP contribution in [0.2, 0.25) is 5.02 Å². The maximum atomic E-state index is 6.21. The fourth-order valence-corrected chi connectivity index (χ4v) is 2.84. The summed E-state index contributed by atoms with van der Waals surface area (Å²) in [6, 6.07) is 6.71. The van der Waals surface area contributed by atoms with Crippen LogP contribution in [0.1, 0.15) is 37.8 Å². The average Bonchev–Trinajstić information content (AvgIpc) is 2.83. The van der Waals surface area contributed by atoms with E-state index in [9.17, 15) is 0 Å². The Bertz CT molecular complexity index is 428. The molecule has 0 aliphatic heterocycles. The number of likely N-dealkylation sites (N-methyl/N-ethyl adjacent to an activating group) is 1. The first kappa shape index (κ1) is 13.4. The number of halogens is 2. The quantitative estimate of drug-likeness (QED) is 0.605. The van der Waals surface area contributed by atoms with Crippen LogP contribution in [0.25, 0.3) is 0 Å². The van der Waals surface area contributed by atoms with E-state index in [2.05, 4.69) is 59.1 Å². The van der Waals surface area contributed by atoms with Gasteiger partial charge in [0.25, 0.3) is 0 Å². The molecule has 0 saturated heterocycles. The van der Waals surface area contributed by atoms with E-state index in [4.69, 9.17) is 11.6 Å². The highest BCUT2D eigenvalue weighted by molar-refractivity contribution is 14.1. The van der Waals surface area contributed by atoms with Crippen molar-refractivity contribution in [3.8, 4) is 0 Å². The van der Waals surface area contributed by atoms with Crippen LogP contribution < -0.4 is 5.32 Å². The Kier molecular flexibility index (Phi) is 4.88. The molecule has 1 aromatic rings. The molecule has 92 valence electrons. The van der Waals surface area contributed by atoms with Crippen molar-refractivity contribution in [2.45, 2.75) is 32.2 Å². The summed E-state index contributed by atoms with van der Waals surface area (Å²) in [4.78, 5) is 0. The Labute approximate surface area is 122 Å². The zero-order valence-electron chi connectivity index (χ0n) is 9.97. The molecule has 0 heterocycles. The number of benzene rings is 1. The largest absolute Gasteiger partial charge is 0.307 e. The molecule has 1 aliphatic rings. The van der Waals surface area contributed by atoms with Crippen molar-refractivity contribution < 1.29 is 0 Å². The lowest BCUT2D eigenvalue weighted by Gasteiger charge is -2.20. The van der Waals surface area contributed by atoms with Crippen molar-refractivity contribution in [1.29, 1.82) is 0 Å². The molecule has 1 atom stereocenters. The number of rotatable bonds is 4. The molecule has 0 spiro atoms. The smallest absolute Gasteiger partial charge is 0.0542 e. The molecule has 1 N–H and O–H groups in total. The molecule has 0 radical (unpaired) electrons. The predicted octanol–water partition coefficient (Wildman–Crippen LogP) is 4.71. The Balaban J connectivity index is 2.28. The minimum absolute atomic E-state index is 0.344. The van der Waals surface area contributed by atoms with Gasteiger partial charge in [0.2, 0.25) is 0 Å². The van der Waals surface area contributed by atoms with Gasteiger partial charge in [0.15, 0.2) is 0 Å². The summed E-state index contributed by atoms with van der Waals surface area (Å²) in [5, 5.41) is 4.41. The Morgan fingerprint density at radius 1 is 1.47 bits per heavy atom. The summed E-state index contributed by atoms with van der Waals surface area (Å²) in [5.41, 5.74) is 2.80. The molecule has 0 amide bonds. The van der Waals surface area contributed by atoms with Crippen LogP contribution >= 0.6 is 34.2 Å². The van der Waals surface area contributed by atoms with Gasteiger partial charge in [0.05, 0.1) is 11.1 Å². The van der Waals surface area contributed by atoms with Crippen LogP contribution in [-0.4, -0.2) is 6.54 Å². The highest BCUT2D eigenvalue weighted by Gasteiger charge is 2.18. The first-order valence-corrected chi connectivity index (χ1v) is 7.55. The molecular weight excluding hydrogens is 345 g/mol. The van der Waals surface area contributed by atoms with E-state index >= 15 is 0 Å². The molecule has 0 saturated carbocycles. The lowest BCUT2D eigenvalue weighted by atomic mass is 9.98. The molecule has 0 fully saturated rings. The first-order chi connectivity index (χ1) is 8.22. The van der Waals surface area contributed by atoms with Gasteiger partial charge in [-0.1, -0.05) is 36.2 Å². The summed E-state index contributed by atoms with van der Waals surface area (Å²) < 4.78 is 1.11. The normalized spacial score (nSPS) is 17.0. The minimum atomic E-state index is 0.344. The standard InChI is InChI=1S/C14H17ClIN/c1-2-17-14(10-5-3-4-6-10)11-7-8-13(16)12(15)9-11/h5,7-9,14,17H,2-4,6H2,1H3. The van der Waals surface area contributed by atoms with E-state index in [0.717, 1.165) is 15.1 Å². The molecule has 2 rings (SSSR count). The van der Waals surface area contributed by atoms with Gasteiger partial charge in [-0.3, -0.25) is 0 Å². The molecule has 1 aromatic carbocycles. The molecule has 3 heteroatoms. The monoisotopic (exact) mass is 361 g/mol. The van der Waals surface area contributed by atoms with E-state index in [0.29, 0.717) is 6.04 Å². The van der Waals surface area contributed by atoms with E-state index < -0.39 is 0 Å². The second-order valence-electron chi connectivity index (χ2n) is 4.34. The molecule has 1 aliphatic carbocycles. The Hall–Kier alpha value is -0.0600. The third-order valence-corrected chi connectivity index (χ3v) is 4.70. The highest BCUT2D eigenvalue weighted by Crippen LogP contribution is 2.32. The average molecular weight is 362 g/mol. The first-order valence-electron chi connectivity index (χ1n) is 6.09.